The number of carbonyl (C=O) groups excluding carboxylic acids is 3. The van der Waals surface area contributed by atoms with Gasteiger partial charge in [0.05, 0.1) is 12.2 Å². The maximum atomic E-state index is 12.9. The number of ether oxygens (including phenoxy) is 1. The summed E-state index contributed by atoms with van der Waals surface area (Å²) < 4.78 is 14.3. The first-order valence-corrected chi connectivity index (χ1v) is 10.1. The molecule has 0 bridgehead atoms. The number of anilines is 2. The van der Waals surface area contributed by atoms with E-state index in [4.69, 9.17) is 9.15 Å². The SMILES string of the molecule is CCOC(=O)c1ccc(NC(=O)c2oc3ccccc3c2NC(=O)c2csnn2)cc1. The molecule has 0 aliphatic heterocycles. The van der Waals surface area contributed by atoms with E-state index in [1.54, 1.807) is 55.5 Å². The number of benzene rings is 2. The average Bonchev–Trinajstić information content (AvgIpc) is 3.43. The molecule has 0 fully saturated rings. The lowest BCUT2D eigenvalue weighted by Gasteiger charge is -2.07. The van der Waals surface area contributed by atoms with Gasteiger partial charge in [-0.3, -0.25) is 9.59 Å². The van der Waals surface area contributed by atoms with Crippen molar-refractivity contribution in [2.75, 3.05) is 17.2 Å². The van der Waals surface area contributed by atoms with Crippen LogP contribution in [0.25, 0.3) is 11.0 Å². The van der Waals surface area contributed by atoms with Crippen molar-refractivity contribution in [2.24, 2.45) is 0 Å². The van der Waals surface area contributed by atoms with Crippen LogP contribution in [0.4, 0.5) is 11.4 Å². The second-order valence-electron chi connectivity index (χ2n) is 6.30. The molecule has 2 N–H and O–H groups in total. The third-order valence-electron chi connectivity index (χ3n) is 4.29. The molecule has 0 saturated carbocycles. The van der Waals surface area contributed by atoms with E-state index in [-0.39, 0.29) is 23.7 Å². The number of nitrogens with one attached hydrogen (secondary N) is 2. The van der Waals surface area contributed by atoms with Gasteiger partial charge in [-0.1, -0.05) is 16.6 Å². The molecule has 0 unspecified atom stereocenters. The largest absolute Gasteiger partial charge is 0.462 e. The lowest BCUT2D eigenvalue weighted by atomic mass is 10.2. The number of rotatable bonds is 6. The van der Waals surface area contributed by atoms with E-state index in [0.29, 0.717) is 22.2 Å². The van der Waals surface area contributed by atoms with Crippen molar-refractivity contribution in [2.45, 2.75) is 6.92 Å². The normalized spacial score (nSPS) is 10.6. The second-order valence-corrected chi connectivity index (χ2v) is 6.91. The molecule has 156 valence electrons. The van der Waals surface area contributed by atoms with Crippen LogP contribution in [0.1, 0.15) is 38.3 Å². The van der Waals surface area contributed by atoms with Gasteiger partial charge in [0.15, 0.2) is 5.69 Å². The Kier molecular flexibility index (Phi) is 5.72. The highest BCUT2D eigenvalue weighted by Crippen LogP contribution is 2.32. The highest BCUT2D eigenvalue weighted by Gasteiger charge is 2.23. The van der Waals surface area contributed by atoms with E-state index in [0.717, 1.165) is 11.5 Å². The molecular formula is C21H16N4O5S. The Balaban J connectivity index is 1.60. The minimum absolute atomic E-state index is 0.0628. The molecule has 10 heteroatoms. The Morgan fingerprint density at radius 2 is 1.81 bits per heavy atom. The van der Waals surface area contributed by atoms with Crippen molar-refractivity contribution >= 4 is 51.7 Å². The molecule has 2 aromatic carbocycles. The van der Waals surface area contributed by atoms with Crippen molar-refractivity contribution in [3.05, 3.63) is 70.9 Å². The van der Waals surface area contributed by atoms with Crippen molar-refractivity contribution in [1.29, 1.82) is 0 Å². The number of esters is 1. The summed E-state index contributed by atoms with van der Waals surface area (Å²) in [6.45, 7) is 2.00. The van der Waals surface area contributed by atoms with Gasteiger partial charge >= 0.3 is 5.97 Å². The fourth-order valence-corrected chi connectivity index (χ4v) is 3.30. The van der Waals surface area contributed by atoms with Crippen molar-refractivity contribution in [3.63, 3.8) is 0 Å². The summed E-state index contributed by atoms with van der Waals surface area (Å²) in [5.74, 6) is -1.58. The molecule has 0 aliphatic rings. The molecule has 2 heterocycles. The number of aromatic nitrogens is 2. The standard InChI is InChI=1S/C21H16N4O5S/c1-2-29-21(28)12-7-9-13(10-8-12)22-20(27)18-17(14-5-3-4-6-16(14)30-18)23-19(26)15-11-31-25-24-15/h3-11H,2H2,1H3,(H,22,27)(H,23,26). The second kappa shape index (κ2) is 8.76. The monoisotopic (exact) mass is 436 g/mol. The van der Waals surface area contributed by atoms with Crippen LogP contribution >= 0.6 is 11.5 Å². The molecule has 0 saturated heterocycles. The van der Waals surface area contributed by atoms with Gasteiger partial charge in [-0.05, 0) is 54.9 Å². The highest BCUT2D eigenvalue weighted by molar-refractivity contribution is 7.03. The number of fused-ring (bicyclic) bond motifs is 1. The molecule has 2 amide bonds. The Bertz CT molecular complexity index is 1250. The predicted molar refractivity (Wildman–Crippen MR) is 114 cm³/mol. The van der Waals surface area contributed by atoms with Gasteiger partial charge in [-0.25, -0.2) is 4.79 Å². The smallest absolute Gasteiger partial charge is 0.338 e. The number of amides is 2. The molecule has 0 radical (unpaired) electrons. The summed E-state index contributed by atoms with van der Waals surface area (Å²) >= 11 is 1.04. The van der Waals surface area contributed by atoms with Gasteiger partial charge in [-0.2, -0.15) is 0 Å². The van der Waals surface area contributed by atoms with Gasteiger partial charge in [-0.15, -0.1) is 5.10 Å². The molecule has 0 aliphatic carbocycles. The molecule has 4 aromatic rings. The van der Waals surface area contributed by atoms with Crippen LogP contribution in [-0.4, -0.2) is 34.0 Å². The fraction of sp³-hybridized carbons (Fsp3) is 0.0952. The van der Waals surface area contributed by atoms with Crippen LogP contribution in [0.15, 0.2) is 58.3 Å². The number of carbonyl (C=O) groups is 3. The molecule has 31 heavy (non-hydrogen) atoms. The first-order valence-electron chi connectivity index (χ1n) is 9.25. The molecule has 4 rings (SSSR count). The zero-order valence-corrected chi connectivity index (χ0v) is 17.1. The number of para-hydroxylation sites is 1. The van der Waals surface area contributed by atoms with Crippen LogP contribution in [-0.2, 0) is 4.74 Å². The van der Waals surface area contributed by atoms with Crippen LogP contribution in [0.5, 0.6) is 0 Å². The quantitative estimate of drug-likeness (QED) is 0.438. The Morgan fingerprint density at radius 1 is 1.03 bits per heavy atom. The summed E-state index contributed by atoms with van der Waals surface area (Å²) in [4.78, 5) is 37.2. The summed E-state index contributed by atoms with van der Waals surface area (Å²) in [5.41, 5.74) is 1.62. The minimum atomic E-state index is -0.563. The van der Waals surface area contributed by atoms with Crippen LogP contribution in [0.3, 0.4) is 0 Å². The first kappa shape index (κ1) is 20.2. The summed E-state index contributed by atoms with van der Waals surface area (Å²) in [6.07, 6.45) is 0. The minimum Gasteiger partial charge on any atom is -0.462 e. The molecule has 2 aromatic heterocycles. The third-order valence-corrected chi connectivity index (χ3v) is 4.79. The van der Waals surface area contributed by atoms with E-state index >= 15 is 0 Å². The van der Waals surface area contributed by atoms with Crippen LogP contribution in [0.2, 0.25) is 0 Å². The summed E-state index contributed by atoms with van der Waals surface area (Å²) in [6, 6.07) is 13.2. The van der Waals surface area contributed by atoms with Crippen LogP contribution < -0.4 is 10.6 Å². The summed E-state index contributed by atoms with van der Waals surface area (Å²) in [5, 5.41) is 11.2. The molecule has 9 nitrogen and oxygen atoms in total. The van der Waals surface area contributed by atoms with Crippen molar-refractivity contribution in [3.8, 4) is 0 Å². The molecular weight excluding hydrogens is 420 g/mol. The van der Waals surface area contributed by atoms with Gasteiger partial charge in [0.25, 0.3) is 11.8 Å². The Hall–Kier alpha value is -4.05. The van der Waals surface area contributed by atoms with Crippen LogP contribution in [0, 0.1) is 0 Å². The van der Waals surface area contributed by atoms with Crippen molar-refractivity contribution in [1.82, 2.24) is 9.59 Å². The van der Waals surface area contributed by atoms with E-state index in [1.807, 2.05) is 0 Å². The van der Waals surface area contributed by atoms with Gasteiger partial charge < -0.3 is 19.8 Å². The fourth-order valence-electron chi connectivity index (χ4n) is 2.86. The zero-order chi connectivity index (χ0) is 21.8. The number of hydrogen-bond acceptors (Lipinski definition) is 8. The zero-order valence-electron chi connectivity index (χ0n) is 16.2. The maximum Gasteiger partial charge on any atom is 0.338 e. The Morgan fingerprint density at radius 3 is 2.52 bits per heavy atom. The lowest BCUT2D eigenvalue weighted by molar-refractivity contribution is 0.0526. The van der Waals surface area contributed by atoms with E-state index in [2.05, 4.69) is 20.2 Å². The van der Waals surface area contributed by atoms with Gasteiger partial charge in [0, 0.05) is 16.5 Å². The number of nitrogens with zero attached hydrogens (tertiary/aromatic N) is 2. The number of furan rings is 1. The topological polar surface area (TPSA) is 123 Å². The molecule has 0 atom stereocenters. The first-order chi connectivity index (χ1) is 15.1. The predicted octanol–water partition coefficient (Wildman–Crippen LogP) is 3.97. The Labute approximate surface area is 180 Å². The van der Waals surface area contributed by atoms with Crippen molar-refractivity contribution < 1.29 is 23.5 Å². The number of hydrogen-bond donors (Lipinski definition) is 2. The third kappa shape index (κ3) is 4.28. The van der Waals surface area contributed by atoms with Gasteiger partial charge in [0.2, 0.25) is 5.76 Å². The average molecular weight is 436 g/mol. The van der Waals surface area contributed by atoms with Gasteiger partial charge in [0.1, 0.15) is 11.3 Å². The van der Waals surface area contributed by atoms with E-state index in [9.17, 15) is 14.4 Å². The lowest BCUT2D eigenvalue weighted by Crippen LogP contribution is -2.17. The highest BCUT2D eigenvalue weighted by atomic mass is 32.1. The van der Waals surface area contributed by atoms with E-state index in [1.165, 1.54) is 5.38 Å². The molecule has 0 spiro atoms. The van der Waals surface area contributed by atoms with E-state index < -0.39 is 17.8 Å². The maximum absolute atomic E-state index is 12.9. The summed E-state index contributed by atoms with van der Waals surface area (Å²) in [7, 11) is 0.